The summed E-state index contributed by atoms with van der Waals surface area (Å²) in [6.07, 6.45) is 2.61. The molecule has 21 heavy (non-hydrogen) atoms. The van der Waals surface area contributed by atoms with Gasteiger partial charge < -0.3 is 14.0 Å². The highest BCUT2D eigenvalue weighted by atomic mass is 16.7. The minimum Gasteiger partial charge on any atom is -0.497 e. The van der Waals surface area contributed by atoms with Gasteiger partial charge in [0, 0.05) is 5.46 Å². The zero-order valence-electron chi connectivity index (χ0n) is 13.3. The Morgan fingerprint density at radius 3 is 2.67 bits per heavy atom. The van der Waals surface area contributed by atoms with Crippen molar-refractivity contribution in [1.29, 1.82) is 0 Å². The second-order valence-electron chi connectivity index (χ2n) is 7.54. The quantitative estimate of drug-likeness (QED) is 0.782. The molecule has 0 amide bonds. The van der Waals surface area contributed by atoms with E-state index in [9.17, 15) is 0 Å². The van der Waals surface area contributed by atoms with Gasteiger partial charge in [-0.3, -0.25) is 0 Å². The number of hydrogen-bond acceptors (Lipinski definition) is 3. The summed E-state index contributed by atoms with van der Waals surface area (Å²) in [6, 6.07) is 8.00. The van der Waals surface area contributed by atoms with E-state index in [-0.39, 0.29) is 18.8 Å². The smallest absolute Gasteiger partial charge is 0.497 e. The molecule has 1 aliphatic heterocycles. The van der Waals surface area contributed by atoms with Crippen molar-refractivity contribution in [3.05, 3.63) is 24.3 Å². The average molecular weight is 286 g/mol. The van der Waals surface area contributed by atoms with Crippen LogP contribution in [0.4, 0.5) is 0 Å². The zero-order valence-corrected chi connectivity index (χ0v) is 13.3. The number of rotatable bonds is 2. The largest absolute Gasteiger partial charge is 0.498 e. The molecule has 0 radical (unpaired) electrons. The molecule has 0 spiro atoms. The van der Waals surface area contributed by atoms with Gasteiger partial charge in [0.05, 0.1) is 18.8 Å². The van der Waals surface area contributed by atoms with Crippen LogP contribution in [0.5, 0.6) is 5.75 Å². The van der Waals surface area contributed by atoms with Gasteiger partial charge in [-0.1, -0.05) is 32.0 Å². The Labute approximate surface area is 127 Å². The first-order valence-corrected chi connectivity index (χ1v) is 7.93. The monoisotopic (exact) mass is 286 g/mol. The fraction of sp³-hybridized carbons (Fsp3) is 0.647. The fourth-order valence-electron chi connectivity index (χ4n) is 4.86. The average Bonchev–Trinajstić information content (AvgIpc) is 2.83. The molecule has 1 aromatic carbocycles. The molecule has 3 saturated carbocycles. The van der Waals surface area contributed by atoms with E-state index >= 15 is 0 Å². The highest BCUT2D eigenvalue weighted by Crippen LogP contribution is 2.65. The molecule has 0 aromatic heterocycles. The maximum Gasteiger partial charge on any atom is 0.498 e. The molecule has 112 valence electrons. The van der Waals surface area contributed by atoms with Crippen molar-refractivity contribution in [2.75, 3.05) is 7.11 Å². The van der Waals surface area contributed by atoms with Crippen LogP contribution >= 0.6 is 0 Å². The highest BCUT2D eigenvalue weighted by molar-refractivity contribution is 6.63. The second-order valence-corrected chi connectivity index (χ2v) is 7.54. The van der Waals surface area contributed by atoms with Crippen molar-refractivity contribution in [3.8, 4) is 5.75 Å². The molecule has 1 saturated heterocycles. The van der Waals surface area contributed by atoms with Crippen LogP contribution in [0.25, 0.3) is 0 Å². The SMILES string of the molecule is COc1ccccc1B1O[C@@H]2C[C@H]3C[C@H](C3(C)C)[C@@]2(C)O1. The van der Waals surface area contributed by atoms with E-state index in [0.717, 1.165) is 23.6 Å². The lowest BCUT2D eigenvalue weighted by atomic mass is 9.43. The Morgan fingerprint density at radius 2 is 1.95 bits per heavy atom. The summed E-state index contributed by atoms with van der Waals surface area (Å²) in [5, 5.41) is 0. The molecule has 3 aliphatic carbocycles. The van der Waals surface area contributed by atoms with Crippen LogP contribution in [0.2, 0.25) is 0 Å². The number of ether oxygens (including phenoxy) is 1. The van der Waals surface area contributed by atoms with Gasteiger partial charge >= 0.3 is 7.12 Å². The van der Waals surface area contributed by atoms with Gasteiger partial charge in [0.1, 0.15) is 5.75 Å². The number of para-hydroxylation sites is 1. The van der Waals surface area contributed by atoms with Gasteiger partial charge in [0.2, 0.25) is 0 Å². The van der Waals surface area contributed by atoms with Crippen LogP contribution in [0, 0.1) is 17.3 Å². The topological polar surface area (TPSA) is 27.7 Å². The highest BCUT2D eigenvalue weighted by Gasteiger charge is 2.68. The Kier molecular flexibility index (Phi) is 2.77. The molecule has 4 aliphatic rings. The fourth-order valence-corrected chi connectivity index (χ4v) is 4.86. The lowest BCUT2D eigenvalue weighted by molar-refractivity contribution is -0.199. The van der Waals surface area contributed by atoms with E-state index in [0.29, 0.717) is 11.3 Å². The normalized spacial score (nSPS) is 39.6. The molecule has 4 atom stereocenters. The molecule has 2 bridgehead atoms. The van der Waals surface area contributed by atoms with Crippen molar-refractivity contribution in [3.63, 3.8) is 0 Å². The Hall–Kier alpha value is -0.995. The Morgan fingerprint density at radius 1 is 1.19 bits per heavy atom. The lowest BCUT2D eigenvalue weighted by Gasteiger charge is -2.64. The van der Waals surface area contributed by atoms with E-state index in [4.69, 9.17) is 14.0 Å². The molecule has 4 heteroatoms. The van der Waals surface area contributed by atoms with Crippen LogP contribution in [-0.2, 0) is 9.31 Å². The molecule has 4 fully saturated rings. The third-order valence-electron chi connectivity index (χ3n) is 6.34. The summed E-state index contributed by atoms with van der Waals surface area (Å²) < 4.78 is 18.2. The predicted octanol–water partition coefficient (Wildman–Crippen LogP) is 2.63. The van der Waals surface area contributed by atoms with Gasteiger partial charge in [0.25, 0.3) is 0 Å². The molecule has 1 aromatic rings. The molecule has 0 unspecified atom stereocenters. The first-order chi connectivity index (χ1) is 9.96. The van der Waals surface area contributed by atoms with E-state index < -0.39 is 0 Å². The van der Waals surface area contributed by atoms with Gasteiger partial charge in [-0.25, -0.2) is 0 Å². The minimum atomic E-state index is -0.300. The molecule has 5 rings (SSSR count). The summed E-state index contributed by atoms with van der Waals surface area (Å²) in [5.74, 6) is 2.21. The standard InChI is InChI=1S/C17H23BO3/c1-16(2)11-9-14(16)17(3)15(10-11)20-18(21-17)12-7-5-6-8-13(12)19-4/h5-8,11,14-15H,9-10H2,1-4H3/t11-,14-,15-,17-/m1/s1. The number of hydrogen-bond donors (Lipinski definition) is 0. The molecular weight excluding hydrogens is 263 g/mol. The van der Waals surface area contributed by atoms with E-state index in [1.54, 1.807) is 7.11 Å². The van der Waals surface area contributed by atoms with Crippen molar-refractivity contribution >= 4 is 12.6 Å². The molecular formula is C17H23BO3. The maximum absolute atomic E-state index is 6.46. The van der Waals surface area contributed by atoms with Gasteiger partial charge in [0.15, 0.2) is 0 Å². The van der Waals surface area contributed by atoms with Crippen LogP contribution in [0.15, 0.2) is 24.3 Å². The lowest BCUT2D eigenvalue weighted by Crippen LogP contribution is -2.65. The maximum atomic E-state index is 6.46. The summed E-state index contributed by atoms with van der Waals surface area (Å²) in [7, 11) is 1.40. The molecule has 0 N–H and O–H groups in total. The van der Waals surface area contributed by atoms with Gasteiger partial charge in [-0.05, 0) is 43.1 Å². The second kappa shape index (κ2) is 4.27. The van der Waals surface area contributed by atoms with Crippen molar-refractivity contribution in [1.82, 2.24) is 0 Å². The van der Waals surface area contributed by atoms with E-state index in [1.165, 1.54) is 6.42 Å². The van der Waals surface area contributed by atoms with Gasteiger partial charge in [-0.15, -0.1) is 0 Å². The summed E-state index contributed by atoms with van der Waals surface area (Å²) in [4.78, 5) is 0. The number of benzene rings is 1. The van der Waals surface area contributed by atoms with Crippen LogP contribution in [0.3, 0.4) is 0 Å². The molecule has 3 nitrogen and oxygen atoms in total. The predicted molar refractivity (Wildman–Crippen MR) is 82.7 cm³/mol. The summed E-state index contributed by atoms with van der Waals surface area (Å²) >= 11 is 0. The first-order valence-electron chi connectivity index (χ1n) is 7.93. The van der Waals surface area contributed by atoms with Crippen molar-refractivity contribution in [2.45, 2.75) is 45.3 Å². The minimum absolute atomic E-state index is 0.163. The third kappa shape index (κ3) is 1.69. The van der Waals surface area contributed by atoms with Crippen LogP contribution < -0.4 is 10.2 Å². The number of methoxy groups -OCH3 is 1. The summed E-state index contributed by atoms with van der Waals surface area (Å²) in [5.41, 5.74) is 1.22. The summed E-state index contributed by atoms with van der Waals surface area (Å²) in [6.45, 7) is 7.01. The van der Waals surface area contributed by atoms with Crippen LogP contribution in [-0.4, -0.2) is 25.9 Å². The Balaban J connectivity index is 1.65. The van der Waals surface area contributed by atoms with Crippen LogP contribution in [0.1, 0.15) is 33.6 Å². The first kappa shape index (κ1) is 13.7. The Bertz CT molecular complexity index is 573. The van der Waals surface area contributed by atoms with Crippen molar-refractivity contribution < 1.29 is 14.0 Å². The molecule has 1 heterocycles. The van der Waals surface area contributed by atoms with Crippen molar-refractivity contribution in [2.24, 2.45) is 17.3 Å². The van der Waals surface area contributed by atoms with E-state index in [2.05, 4.69) is 20.8 Å². The third-order valence-corrected chi connectivity index (χ3v) is 6.34. The zero-order chi connectivity index (χ0) is 14.8. The van der Waals surface area contributed by atoms with E-state index in [1.807, 2.05) is 24.3 Å². The van der Waals surface area contributed by atoms with Gasteiger partial charge in [-0.2, -0.15) is 0 Å².